The lowest BCUT2D eigenvalue weighted by atomic mass is 9.67. The highest BCUT2D eigenvalue weighted by atomic mass is 32.1. The van der Waals surface area contributed by atoms with Crippen molar-refractivity contribution in [1.29, 1.82) is 0 Å². The van der Waals surface area contributed by atoms with E-state index in [9.17, 15) is 0 Å². The van der Waals surface area contributed by atoms with E-state index in [-0.39, 0.29) is 5.41 Å². The first-order valence-electron chi connectivity index (χ1n) is 10.9. The molecule has 3 aromatic carbocycles. The lowest BCUT2D eigenvalue weighted by Gasteiger charge is -2.36. The quantitative estimate of drug-likeness (QED) is 0.313. The van der Waals surface area contributed by atoms with Gasteiger partial charge in [0.15, 0.2) is 0 Å². The normalized spacial score (nSPS) is 15.6. The molecule has 0 nitrogen and oxygen atoms in total. The Labute approximate surface area is 182 Å². The molecule has 0 fully saturated rings. The van der Waals surface area contributed by atoms with Crippen LogP contribution in [0.4, 0.5) is 0 Å². The lowest BCUT2D eigenvalue weighted by Crippen LogP contribution is -2.24. The van der Waals surface area contributed by atoms with Crippen molar-refractivity contribution in [3.8, 4) is 11.1 Å². The summed E-state index contributed by atoms with van der Waals surface area (Å²) >= 11 is 1.87. The Morgan fingerprint density at radius 1 is 0.833 bits per heavy atom. The summed E-state index contributed by atoms with van der Waals surface area (Å²) in [5, 5.41) is 3.67. The maximum atomic E-state index is 2.47. The zero-order chi connectivity index (χ0) is 20.6. The Bertz CT molecular complexity index is 1320. The molecule has 0 amide bonds. The first kappa shape index (κ1) is 18.2. The van der Waals surface area contributed by atoms with Gasteiger partial charge in [-0.1, -0.05) is 68.0 Å². The van der Waals surface area contributed by atoms with Crippen molar-refractivity contribution < 1.29 is 0 Å². The highest BCUT2D eigenvalue weighted by Gasteiger charge is 2.44. The molecular weight excluding hydrogens is 380 g/mol. The monoisotopic (exact) mass is 406 g/mol. The number of hydrogen-bond donors (Lipinski definition) is 0. The molecule has 4 aromatic rings. The van der Waals surface area contributed by atoms with Crippen molar-refractivity contribution >= 4 is 27.0 Å². The van der Waals surface area contributed by atoms with Crippen LogP contribution in [-0.2, 0) is 6.42 Å². The van der Waals surface area contributed by atoms with Crippen molar-refractivity contribution in [2.45, 2.75) is 40.0 Å². The van der Waals surface area contributed by atoms with Crippen molar-refractivity contribution in [3.63, 3.8) is 0 Å². The molecule has 0 bridgehead atoms. The van der Waals surface area contributed by atoms with Gasteiger partial charge in [-0.15, -0.1) is 11.3 Å². The second-order valence-corrected chi connectivity index (χ2v) is 10.5. The van der Waals surface area contributed by atoms with Crippen LogP contribution in [0.25, 0.3) is 26.8 Å². The minimum absolute atomic E-state index is 0.00934. The molecule has 0 N–H and O–H groups in total. The van der Waals surface area contributed by atoms with E-state index in [0.717, 1.165) is 6.42 Å². The van der Waals surface area contributed by atoms with Crippen LogP contribution in [0.1, 0.15) is 54.5 Å². The predicted molar refractivity (Wildman–Crippen MR) is 130 cm³/mol. The van der Waals surface area contributed by atoms with Crippen molar-refractivity contribution in [3.05, 3.63) is 99.4 Å². The molecule has 0 aliphatic heterocycles. The van der Waals surface area contributed by atoms with E-state index >= 15 is 0 Å². The topological polar surface area (TPSA) is 0 Å². The number of hydrogen-bond acceptors (Lipinski definition) is 1. The summed E-state index contributed by atoms with van der Waals surface area (Å²) in [7, 11) is 0. The van der Waals surface area contributed by atoms with Gasteiger partial charge in [0.2, 0.25) is 0 Å². The molecular formula is C29H26S. The van der Waals surface area contributed by atoms with Crippen LogP contribution in [0.2, 0.25) is 0 Å². The van der Waals surface area contributed by atoms with Gasteiger partial charge in [-0.25, -0.2) is 0 Å². The van der Waals surface area contributed by atoms with Gasteiger partial charge in [-0.2, -0.15) is 0 Å². The van der Waals surface area contributed by atoms with Gasteiger partial charge in [0.25, 0.3) is 0 Å². The fourth-order valence-electron chi connectivity index (χ4n) is 6.33. The van der Waals surface area contributed by atoms with Crippen LogP contribution in [-0.4, -0.2) is 0 Å². The maximum absolute atomic E-state index is 2.47. The van der Waals surface area contributed by atoms with Gasteiger partial charge in [-0.05, 0) is 87.7 Å². The summed E-state index contributed by atoms with van der Waals surface area (Å²) in [6.07, 6.45) is 1.09. The molecule has 30 heavy (non-hydrogen) atoms. The number of rotatable bonds is 2. The van der Waals surface area contributed by atoms with Gasteiger partial charge in [0.1, 0.15) is 0 Å². The molecule has 1 aromatic heterocycles. The molecule has 148 valence electrons. The Morgan fingerprint density at radius 3 is 2.13 bits per heavy atom. The van der Waals surface area contributed by atoms with Gasteiger partial charge < -0.3 is 0 Å². The van der Waals surface area contributed by atoms with E-state index in [4.69, 9.17) is 0 Å². The van der Waals surface area contributed by atoms with Crippen LogP contribution in [0.5, 0.6) is 0 Å². The fraction of sp³-hybridized carbons (Fsp3) is 0.241. The van der Waals surface area contributed by atoms with E-state index in [1.54, 1.807) is 11.1 Å². The molecule has 0 saturated carbocycles. The predicted octanol–water partition coefficient (Wildman–Crippen LogP) is 8.38. The molecule has 0 radical (unpaired) electrons. The Balaban J connectivity index is 1.59. The van der Waals surface area contributed by atoms with Gasteiger partial charge in [0, 0.05) is 16.0 Å². The molecule has 1 heterocycles. The van der Waals surface area contributed by atoms with Gasteiger partial charge in [-0.3, -0.25) is 0 Å². The van der Waals surface area contributed by atoms with Crippen LogP contribution < -0.4 is 0 Å². The summed E-state index contributed by atoms with van der Waals surface area (Å²) in [6.45, 7) is 9.62. The second-order valence-electron chi connectivity index (χ2n) is 9.52. The van der Waals surface area contributed by atoms with E-state index < -0.39 is 0 Å². The van der Waals surface area contributed by atoms with Gasteiger partial charge in [0.05, 0.1) is 0 Å². The van der Waals surface area contributed by atoms with Crippen LogP contribution in [0, 0.1) is 12.3 Å². The SMILES string of the molecule is CC1=C(C(C)(C)C2c3ccccc3-c3ccccc32)c2cc3sccc3c(C)c2C1. The van der Waals surface area contributed by atoms with E-state index in [1.807, 2.05) is 11.3 Å². The van der Waals surface area contributed by atoms with Crippen molar-refractivity contribution in [1.82, 2.24) is 0 Å². The van der Waals surface area contributed by atoms with Crippen LogP contribution in [0.3, 0.4) is 0 Å². The van der Waals surface area contributed by atoms with Crippen LogP contribution in [0.15, 0.2) is 71.6 Å². The number of fused-ring (bicyclic) bond motifs is 5. The molecule has 0 unspecified atom stereocenters. The molecule has 0 spiro atoms. The lowest BCUT2D eigenvalue weighted by molar-refractivity contribution is 0.440. The summed E-state index contributed by atoms with van der Waals surface area (Å²) in [5.41, 5.74) is 13.4. The Kier molecular flexibility index (Phi) is 3.74. The minimum atomic E-state index is 0.00934. The first-order valence-corrected chi connectivity index (χ1v) is 11.7. The largest absolute Gasteiger partial charge is 0.144 e. The summed E-state index contributed by atoms with van der Waals surface area (Å²) in [5.74, 6) is 0.375. The molecule has 0 saturated heterocycles. The molecule has 6 rings (SSSR count). The van der Waals surface area contributed by atoms with E-state index in [0.29, 0.717) is 5.92 Å². The zero-order valence-corrected chi connectivity index (χ0v) is 18.9. The smallest absolute Gasteiger partial charge is 0.0351 e. The third-order valence-electron chi connectivity index (χ3n) is 7.49. The molecule has 2 aliphatic carbocycles. The summed E-state index contributed by atoms with van der Waals surface area (Å²) in [6, 6.07) is 22.8. The number of allylic oxidation sites excluding steroid dienone is 2. The number of thiophene rings is 1. The zero-order valence-electron chi connectivity index (χ0n) is 18.0. The Hall–Kier alpha value is -2.64. The first-order chi connectivity index (χ1) is 14.5. The molecule has 2 aliphatic rings. The highest BCUT2D eigenvalue weighted by Crippen LogP contribution is 2.59. The number of benzene rings is 3. The third-order valence-corrected chi connectivity index (χ3v) is 8.35. The van der Waals surface area contributed by atoms with E-state index in [2.05, 4.69) is 93.7 Å². The fourth-order valence-corrected chi connectivity index (χ4v) is 7.22. The molecule has 1 heteroatoms. The highest BCUT2D eigenvalue weighted by molar-refractivity contribution is 7.17. The number of aryl methyl sites for hydroxylation is 1. The van der Waals surface area contributed by atoms with Crippen molar-refractivity contribution in [2.75, 3.05) is 0 Å². The maximum Gasteiger partial charge on any atom is 0.0351 e. The second kappa shape index (κ2) is 6.18. The average molecular weight is 407 g/mol. The standard InChI is InChI=1S/C29H26S/c1-17-15-24-18(2)19-13-14-30-26(19)16-25(24)27(17)29(3,4)28-22-11-7-5-9-20(22)21-10-6-8-12-23(21)28/h5-14,16,28H,15H2,1-4H3. The van der Waals surface area contributed by atoms with Crippen LogP contribution >= 0.6 is 11.3 Å². The van der Waals surface area contributed by atoms with Gasteiger partial charge >= 0.3 is 0 Å². The Morgan fingerprint density at radius 2 is 1.47 bits per heavy atom. The summed E-state index contributed by atoms with van der Waals surface area (Å²) in [4.78, 5) is 0. The third kappa shape index (κ3) is 2.27. The molecule has 0 atom stereocenters. The average Bonchev–Trinajstić information content (AvgIpc) is 3.42. The minimum Gasteiger partial charge on any atom is -0.144 e. The summed E-state index contributed by atoms with van der Waals surface area (Å²) < 4.78 is 1.42. The van der Waals surface area contributed by atoms with Crippen molar-refractivity contribution in [2.24, 2.45) is 5.41 Å². The van der Waals surface area contributed by atoms with E-state index in [1.165, 1.54) is 49.0 Å².